The number of aliphatic hydroxyl groups is 1. The van der Waals surface area contributed by atoms with Crippen molar-refractivity contribution in [1.82, 2.24) is 29.9 Å². The van der Waals surface area contributed by atoms with Gasteiger partial charge in [0.25, 0.3) is 5.88 Å². The summed E-state index contributed by atoms with van der Waals surface area (Å²) in [7, 11) is 1.52. The number of methoxy groups -OCH3 is 1. The maximum absolute atomic E-state index is 14.9. The van der Waals surface area contributed by atoms with Crippen LogP contribution in [0, 0.1) is 12.7 Å². The van der Waals surface area contributed by atoms with Crippen molar-refractivity contribution >= 4 is 44.5 Å². The molecule has 218 valence electrons. The first-order valence-corrected chi connectivity index (χ1v) is 13.5. The van der Waals surface area contributed by atoms with Crippen LogP contribution in [0.1, 0.15) is 19.4 Å². The molecule has 15 heteroatoms. The Morgan fingerprint density at radius 2 is 1.83 bits per heavy atom. The number of fused-ring (bicyclic) bond motifs is 2. The van der Waals surface area contributed by atoms with Gasteiger partial charge in [-0.05, 0) is 38.5 Å². The number of halogens is 1. The van der Waals surface area contributed by atoms with E-state index in [9.17, 15) is 14.3 Å². The lowest BCUT2D eigenvalue weighted by Crippen LogP contribution is -2.25. The molecule has 0 saturated heterocycles. The fourth-order valence-electron chi connectivity index (χ4n) is 3.75. The van der Waals surface area contributed by atoms with Crippen LogP contribution in [0.4, 0.5) is 14.9 Å². The van der Waals surface area contributed by atoms with Gasteiger partial charge in [0.1, 0.15) is 34.7 Å². The number of carbonyl (C=O) groups is 1. The van der Waals surface area contributed by atoms with Crippen LogP contribution < -0.4 is 19.5 Å². The quantitative estimate of drug-likeness (QED) is 0.235. The van der Waals surface area contributed by atoms with Gasteiger partial charge < -0.3 is 24.1 Å². The lowest BCUT2D eigenvalue weighted by atomic mass is 10.1. The van der Waals surface area contributed by atoms with E-state index in [-0.39, 0.29) is 30.8 Å². The van der Waals surface area contributed by atoms with E-state index < -0.39 is 24.1 Å². The first kappa shape index (κ1) is 28.8. The van der Waals surface area contributed by atoms with Gasteiger partial charge in [-0.2, -0.15) is 4.98 Å². The van der Waals surface area contributed by atoms with Crippen molar-refractivity contribution in [3.05, 3.63) is 48.2 Å². The second-order valence-corrected chi connectivity index (χ2v) is 10.3. The van der Waals surface area contributed by atoms with E-state index >= 15 is 0 Å². The zero-order valence-electron chi connectivity index (χ0n) is 23.0. The number of hydrogen-bond acceptors (Lipinski definition) is 13. The molecule has 0 bridgehead atoms. The van der Waals surface area contributed by atoms with E-state index in [4.69, 9.17) is 18.9 Å². The van der Waals surface area contributed by atoms with E-state index in [0.29, 0.717) is 32.3 Å². The molecule has 2 atom stereocenters. The molecule has 0 spiro atoms. The number of hydrogen-bond donors (Lipinski definition) is 2. The summed E-state index contributed by atoms with van der Waals surface area (Å²) in [6, 6.07) is 5.14. The summed E-state index contributed by atoms with van der Waals surface area (Å²) >= 11 is 1.26. The highest BCUT2D eigenvalue weighted by molar-refractivity contribution is 7.21. The molecule has 1 aromatic carbocycles. The topological polar surface area (TPSA) is 164 Å². The van der Waals surface area contributed by atoms with Gasteiger partial charge in [0.2, 0.25) is 5.88 Å². The third kappa shape index (κ3) is 6.75. The van der Waals surface area contributed by atoms with Crippen LogP contribution in [-0.4, -0.2) is 73.6 Å². The highest BCUT2D eigenvalue weighted by atomic mass is 32.1. The summed E-state index contributed by atoms with van der Waals surface area (Å²) < 4.78 is 36.1. The van der Waals surface area contributed by atoms with Gasteiger partial charge in [-0.15, -0.1) is 0 Å². The van der Waals surface area contributed by atoms with Crippen molar-refractivity contribution in [2.45, 2.75) is 33.0 Å². The monoisotopic (exact) mass is 595 g/mol. The Balaban J connectivity index is 1.23. The minimum Gasteiger partial charge on any atom is -0.480 e. The number of pyridine rings is 1. The van der Waals surface area contributed by atoms with Crippen LogP contribution in [0.2, 0.25) is 0 Å². The maximum atomic E-state index is 14.9. The molecule has 0 aliphatic carbocycles. The number of ether oxygens (including phenoxy) is 4. The first-order valence-electron chi connectivity index (χ1n) is 12.7. The minimum absolute atomic E-state index is 0.0361. The largest absolute Gasteiger partial charge is 0.480 e. The lowest BCUT2D eigenvalue weighted by Gasteiger charge is -2.15. The van der Waals surface area contributed by atoms with Gasteiger partial charge in [-0.1, -0.05) is 11.3 Å². The molecule has 2 N–H and O–H groups in total. The Hall–Kier alpha value is -4.76. The molecule has 4 aromatic heterocycles. The number of anilines is 1. The predicted octanol–water partition coefficient (Wildman–Crippen LogP) is 4.32. The summed E-state index contributed by atoms with van der Waals surface area (Å²) in [5.41, 5.74) is 3.61. The summed E-state index contributed by atoms with van der Waals surface area (Å²) in [6.45, 7) is 4.96. The molecular formula is C27H26FN7O6S. The second kappa shape index (κ2) is 12.4. The standard InChI is InChI=1S/C27H26FN7O6S/c1-13-5-17(22-19(6-13)33-21(38-4)10-29-22)24-34-20-7-18(28)23(35-25(20)42-24)41-15(3)12-40-27(37)32-16-8-30-26(31-9-16)39-11-14(2)36/h5-10,14-15,36H,11-12H2,1-4H3,(H,32,37)/t14-,15-/m0/s1. The number of aromatic nitrogens is 6. The van der Waals surface area contributed by atoms with Crippen LogP contribution >= 0.6 is 11.3 Å². The van der Waals surface area contributed by atoms with Crippen LogP contribution in [-0.2, 0) is 4.74 Å². The minimum atomic E-state index is -0.784. The maximum Gasteiger partial charge on any atom is 0.411 e. The Morgan fingerprint density at radius 1 is 1.05 bits per heavy atom. The van der Waals surface area contributed by atoms with Gasteiger partial charge >= 0.3 is 12.1 Å². The van der Waals surface area contributed by atoms with Crippen molar-refractivity contribution in [3.63, 3.8) is 0 Å². The van der Waals surface area contributed by atoms with Crippen molar-refractivity contribution in [1.29, 1.82) is 0 Å². The molecule has 13 nitrogen and oxygen atoms in total. The zero-order valence-corrected chi connectivity index (χ0v) is 23.8. The number of aliphatic hydroxyl groups excluding tert-OH is 1. The molecule has 0 aliphatic rings. The molecule has 4 heterocycles. The lowest BCUT2D eigenvalue weighted by molar-refractivity contribution is 0.0941. The van der Waals surface area contributed by atoms with Gasteiger partial charge in [0.15, 0.2) is 5.82 Å². The van der Waals surface area contributed by atoms with Crippen molar-refractivity contribution in [2.24, 2.45) is 0 Å². The Kier molecular flexibility index (Phi) is 8.49. The molecular weight excluding hydrogens is 569 g/mol. The van der Waals surface area contributed by atoms with Crippen LogP contribution in [0.3, 0.4) is 0 Å². The van der Waals surface area contributed by atoms with Crippen molar-refractivity contribution < 1.29 is 33.2 Å². The fourth-order valence-corrected chi connectivity index (χ4v) is 4.68. The van der Waals surface area contributed by atoms with E-state index in [2.05, 4.69) is 35.2 Å². The Labute approximate surface area is 242 Å². The van der Waals surface area contributed by atoms with Gasteiger partial charge in [0, 0.05) is 11.6 Å². The van der Waals surface area contributed by atoms with E-state index in [1.807, 2.05) is 19.1 Å². The number of nitrogens with one attached hydrogen (secondary N) is 1. The smallest absolute Gasteiger partial charge is 0.411 e. The summed E-state index contributed by atoms with van der Waals surface area (Å²) in [5, 5.41) is 12.3. The van der Waals surface area contributed by atoms with Crippen molar-refractivity contribution in [3.8, 4) is 28.3 Å². The number of amides is 1. The van der Waals surface area contributed by atoms with Crippen LogP contribution in [0.5, 0.6) is 17.8 Å². The fraction of sp³-hybridized carbons (Fsp3) is 0.296. The molecule has 0 radical (unpaired) electrons. The average molecular weight is 596 g/mol. The SMILES string of the molecule is COc1cnc2c(-c3nc4cc(F)c(O[C@@H](C)COC(=O)Nc5cnc(OC[C@H](C)O)nc5)nc4s3)cc(C)cc2n1. The average Bonchev–Trinajstić information content (AvgIpc) is 3.37. The second-order valence-electron chi connectivity index (χ2n) is 9.28. The van der Waals surface area contributed by atoms with Crippen LogP contribution in [0.25, 0.3) is 32.0 Å². The van der Waals surface area contributed by atoms with E-state index in [1.165, 1.54) is 43.1 Å². The molecule has 0 aliphatic heterocycles. The third-order valence-corrected chi connectivity index (χ3v) is 6.60. The molecule has 42 heavy (non-hydrogen) atoms. The third-order valence-electron chi connectivity index (χ3n) is 5.60. The summed E-state index contributed by atoms with van der Waals surface area (Å²) in [6.07, 6.45) is 2.01. The number of rotatable bonds is 10. The first-order chi connectivity index (χ1) is 20.2. The highest BCUT2D eigenvalue weighted by Crippen LogP contribution is 2.35. The van der Waals surface area contributed by atoms with Gasteiger partial charge in [-0.3, -0.25) is 5.32 Å². The van der Waals surface area contributed by atoms with E-state index in [0.717, 1.165) is 11.1 Å². The molecule has 0 fully saturated rings. The Morgan fingerprint density at radius 3 is 2.57 bits per heavy atom. The molecule has 5 aromatic rings. The summed E-state index contributed by atoms with van der Waals surface area (Å²) in [5.74, 6) is -0.550. The molecule has 5 rings (SSSR count). The van der Waals surface area contributed by atoms with Crippen LogP contribution in [0.15, 0.2) is 36.8 Å². The number of nitrogens with zero attached hydrogens (tertiary/aromatic N) is 6. The normalized spacial score (nSPS) is 12.6. The Bertz CT molecular complexity index is 1730. The molecule has 0 unspecified atom stereocenters. The van der Waals surface area contributed by atoms with Gasteiger partial charge in [-0.25, -0.2) is 34.1 Å². The van der Waals surface area contributed by atoms with Gasteiger partial charge in [0.05, 0.1) is 48.5 Å². The highest BCUT2D eigenvalue weighted by Gasteiger charge is 2.19. The zero-order chi connectivity index (χ0) is 29.8. The number of thiazole rings is 1. The predicted molar refractivity (Wildman–Crippen MR) is 151 cm³/mol. The molecule has 1 amide bonds. The number of carbonyl (C=O) groups excluding carboxylic acids is 1. The number of benzene rings is 1. The number of aryl methyl sites for hydroxylation is 1. The molecule has 0 saturated carbocycles. The van der Waals surface area contributed by atoms with E-state index in [1.54, 1.807) is 13.8 Å². The summed E-state index contributed by atoms with van der Waals surface area (Å²) in [4.78, 5) is 38.3. The van der Waals surface area contributed by atoms with Crippen molar-refractivity contribution in [2.75, 3.05) is 25.6 Å².